The standard InChI is InChI=1S/C10H13BrFNO3S/c1-7(6-17(13,14)15)5-16-10-4-8(11)2-3-9(10)12/h2-4,7H,5-6H2,1H3,(H2,13,14,15). The number of rotatable bonds is 5. The number of ether oxygens (including phenoxy) is 1. The maximum absolute atomic E-state index is 13.3. The van der Waals surface area contributed by atoms with Gasteiger partial charge in [-0.2, -0.15) is 0 Å². The summed E-state index contributed by atoms with van der Waals surface area (Å²) in [7, 11) is -3.53. The predicted octanol–water partition coefficient (Wildman–Crippen LogP) is 1.89. The average molecular weight is 326 g/mol. The third-order valence-corrected chi connectivity index (χ3v) is 3.46. The fraction of sp³-hybridized carbons (Fsp3) is 0.400. The largest absolute Gasteiger partial charge is 0.490 e. The van der Waals surface area contributed by atoms with Crippen LogP contribution in [0, 0.1) is 11.7 Å². The molecule has 0 amide bonds. The van der Waals surface area contributed by atoms with E-state index in [9.17, 15) is 12.8 Å². The van der Waals surface area contributed by atoms with Crippen LogP contribution in [0.3, 0.4) is 0 Å². The van der Waals surface area contributed by atoms with Gasteiger partial charge in [0.1, 0.15) is 0 Å². The molecule has 0 heterocycles. The van der Waals surface area contributed by atoms with E-state index in [0.29, 0.717) is 4.47 Å². The van der Waals surface area contributed by atoms with E-state index in [-0.39, 0.29) is 24.0 Å². The number of hydrogen-bond donors (Lipinski definition) is 1. The van der Waals surface area contributed by atoms with Crippen molar-refractivity contribution in [2.75, 3.05) is 12.4 Å². The van der Waals surface area contributed by atoms with Crippen molar-refractivity contribution in [1.29, 1.82) is 0 Å². The zero-order valence-electron chi connectivity index (χ0n) is 9.19. The Hall–Kier alpha value is -0.660. The van der Waals surface area contributed by atoms with Crippen LogP contribution < -0.4 is 9.88 Å². The zero-order valence-corrected chi connectivity index (χ0v) is 11.6. The smallest absolute Gasteiger partial charge is 0.209 e. The second-order valence-corrected chi connectivity index (χ2v) is 6.40. The summed E-state index contributed by atoms with van der Waals surface area (Å²) in [6.45, 7) is 1.75. The van der Waals surface area contributed by atoms with E-state index in [1.54, 1.807) is 13.0 Å². The van der Waals surface area contributed by atoms with Gasteiger partial charge in [-0.15, -0.1) is 0 Å². The Morgan fingerprint density at radius 3 is 2.76 bits per heavy atom. The topological polar surface area (TPSA) is 69.4 Å². The summed E-state index contributed by atoms with van der Waals surface area (Å²) in [4.78, 5) is 0. The average Bonchev–Trinajstić information content (AvgIpc) is 2.17. The molecule has 1 aromatic carbocycles. The molecule has 0 bridgehead atoms. The van der Waals surface area contributed by atoms with Crippen LogP contribution in [0.2, 0.25) is 0 Å². The highest BCUT2D eigenvalue weighted by Crippen LogP contribution is 2.22. The van der Waals surface area contributed by atoms with Gasteiger partial charge in [-0.1, -0.05) is 22.9 Å². The SMILES string of the molecule is CC(COc1cc(Br)ccc1F)CS(N)(=O)=O. The highest BCUT2D eigenvalue weighted by molar-refractivity contribution is 9.10. The lowest BCUT2D eigenvalue weighted by Gasteiger charge is -2.12. The Kier molecular flexibility index (Phi) is 4.91. The van der Waals surface area contributed by atoms with Crippen molar-refractivity contribution >= 4 is 26.0 Å². The molecule has 1 aromatic rings. The predicted molar refractivity (Wildman–Crippen MR) is 66.7 cm³/mol. The molecule has 1 rings (SSSR count). The summed E-state index contributed by atoms with van der Waals surface area (Å²) in [6.07, 6.45) is 0. The van der Waals surface area contributed by atoms with E-state index in [4.69, 9.17) is 9.88 Å². The molecule has 7 heteroatoms. The molecule has 0 aliphatic rings. The van der Waals surface area contributed by atoms with Crippen LogP contribution in [0.1, 0.15) is 6.92 Å². The molecule has 0 spiro atoms. The van der Waals surface area contributed by atoms with Gasteiger partial charge in [-0.3, -0.25) is 0 Å². The van der Waals surface area contributed by atoms with Crippen molar-refractivity contribution in [1.82, 2.24) is 0 Å². The van der Waals surface area contributed by atoms with Crippen LogP contribution in [0.4, 0.5) is 4.39 Å². The molecule has 0 saturated carbocycles. The van der Waals surface area contributed by atoms with Crippen molar-refractivity contribution in [3.63, 3.8) is 0 Å². The first-order chi connectivity index (χ1) is 7.78. The van der Waals surface area contributed by atoms with Crippen LogP contribution in [-0.2, 0) is 10.0 Å². The third-order valence-electron chi connectivity index (χ3n) is 1.93. The second-order valence-electron chi connectivity index (χ2n) is 3.82. The third kappa shape index (κ3) is 5.47. The fourth-order valence-electron chi connectivity index (χ4n) is 1.26. The van der Waals surface area contributed by atoms with Gasteiger partial charge in [0, 0.05) is 10.4 Å². The molecule has 0 aromatic heterocycles. The summed E-state index contributed by atoms with van der Waals surface area (Å²) in [6, 6.07) is 4.30. The molecule has 0 radical (unpaired) electrons. The highest BCUT2D eigenvalue weighted by Gasteiger charge is 2.13. The first-order valence-electron chi connectivity index (χ1n) is 4.86. The molecule has 0 aliphatic heterocycles. The molecular weight excluding hydrogens is 313 g/mol. The fourth-order valence-corrected chi connectivity index (χ4v) is 2.49. The number of primary sulfonamides is 1. The monoisotopic (exact) mass is 325 g/mol. The van der Waals surface area contributed by atoms with Crippen molar-refractivity contribution in [2.45, 2.75) is 6.92 Å². The summed E-state index contributed by atoms with van der Waals surface area (Å²) in [5.41, 5.74) is 0. The maximum Gasteiger partial charge on any atom is 0.209 e. The van der Waals surface area contributed by atoms with E-state index in [1.165, 1.54) is 12.1 Å². The summed E-state index contributed by atoms with van der Waals surface area (Å²) >= 11 is 3.19. The van der Waals surface area contributed by atoms with Gasteiger partial charge in [0.15, 0.2) is 11.6 Å². The van der Waals surface area contributed by atoms with Crippen molar-refractivity contribution in [3.8, 4) is 5.75 Å². The molecule has 2 N–H and O–H groups in total. The molecule has 4 nitrogen and oxygen atoms in total. The van der Waals surface area contributed by atoms with E-state index >= 15 is 0 Å². The lowest BCUT2D eigenvalue weighted by molar-refractivity contribution is 0.260. The summed E-state index contributed by atoms with van der Waals surface area (Å²) in [5, 5.41) is 4.89. The number of sulfonamides is 1. The van der Waals surface area contributed by atoms with Gasteiger partial charge in [-0.05, 0) is 18.2 Å². The summed E-state index contributed by atoms with van der Waals surface area (Å²) < 4.78 is 40.8. The minimum atomic E-state index is -3.53. The maximum atomic E-state index is 13.3. The van der Waals surface area contributed by atoms with Gasteiger partial charge >= 0.3 is 0 Å². The minimum absolute atomic E-state index is 0.0839. The lowest BCUT2D eigenvalue weighted by Crippen LogP contribution is -2.25. The van der Waals surface area contributed by atoms with Crippen LogP contribution >= 0.6 is 15.9 Å². The number of nitrogens with two attached hydrogens (primary N) is 1. The molecule has 1 unspecified atom stereocenters. The normalized spacial score (nSPS) is 13.4. The lowest BCUT2D eigenvalue weighted by atomic mass is 10.2. The van der Waals surface area contributed by atoms with Crippen molar-refractivity contribution in [2.24, 2.45) is 11.1 Å². The number of hydrogen-bond acceptors (Lipinski definition) is 3. The van der Waals surface area contributed by atoms with Crippen LogP contribution in [0.25, 0.3) is 0 Å². The van der Waals surface area contributed by atoms with Gasteiger partial charge < -0.3 is 4.74 Å². The highest BCUT2D eigenvalue weighted by atomic mass is 79.9. The Morgan fingerprint density at radius 2 is 2.18 bits per heavy atom. The molecule has 0 saturated heterocycles. The molecule has 0 fully saturated rings. The summed E-state index contributed by atoms with van der Waals surface area (Å²) in [5.74, 6) is -0.900. The van der Waals surface area contributed by atoms with Crippen LogP contribution in [0.15, 0.2) is 22.7 Å². The Morgan fingerprint density at radius 1 is 1.53 bits per heavy atom. The Balaban J connectivity index is 2.58. The molecular formula is C10H13BrFNO3S. The van der Waals surface area contributed by atoms with Crippen molar-refractivity contribution < 1.29 is 17.5 Å². The minimum Gasteiger partial charge on any atom is -0.490 e. The van der Waals surface area contributed by atoms with E-state index in [2.05, 4.69) is 15.9 Å². The van der Waals surface area contributed by atoms with Gasteiger partial charge in [0.25, 0.3) is 0 Å². The van der Waals surface area contributed by atoms with Gasteiger partial charge in [-0.25, -0.2) is 17.9 Å². The van der Waals surface area contributed by atoms with E-state index in [1.807, 2.05) is 0 Å². The van der Waals surface area contributed by atoms with Gasteiger partial charge in [0.2, 0.25) is 10.0 Å². The molecule has 17 heavy (non-hydrogen) atoms. The number of halogens is 2. The van der Waals surface area contributed by atoms with Crippen LogP contribution in [0.5, 0.6) is 5.75 Å². The first-order valence-corrected chi connectivity index (χ1v) is 7.37. The molecule has 96 valence electrons. The van der Waals surface area contributed by atoms with E-state index in [0.717, 1.165) is 0 Å². The first kappa shape index (κ1) is 14.4. The van der Waals surface area contributed by atoms with Crippen LogP contribution in [-0.4, -0.2) is 20.8 Å². The zero-order chi connectivity index (χ0) is 13.1. The van der Waals surface area contributed by atoms with Gasteiger partial charge in [0.05, 0.1) is 12.4 Å². The Bertz CT molecular complexity index is 492. The quantitative estimate of drug-likeness (QED) is 0.898. The Labute approximate surface area is 108 Å². The molecule has 0 aliphatic carbocycles. The van der Waals surface area contributed by atoms with E-state index < -0.39 is 15.8 Å². The number of benzene rings is 1. The second kappa shape index (κ2) is 5.79. The molecule has 1 atom stereocenters. The van der Waals surface area contributed by atoms with Crippen molar-refractivity contribution in [3.05, 3.63) is 28.5 Å².